The fourth-order valence-electron chi connectivity index (χ4n) is 4.97. The number of phenols is 2. The van der Waals surface area contributed by atoms with Crippen LogP contribution in [-0.4, -0.2) is 78.0 Å². The van der Waals surface area contributed by atoms with Gasteiger partial charge in [0.25, 0.3) is 0 Å². The summed E-state index contributed by atoms with van der Waals surface area (Å²) in [6, 6.07) is 9.87. The molecule has 0 bridgehead atoms. The molecular weight excluding hydrogens is 504 g/mol. The monoisotopic (exact) mass is 530 g/mol. The molecule has 3 heterocycles. The Balaban J connectivity index is 1.24. The highest BCUT2D eigenvalue weighted by Crippen LogP contribution is 2.41. The molecule has 5 rings (SSSR count). The number of phenolic OH excluding ortho intramolecular Hbond substituents is 2. The zero-order valence-electron chi connectivity index (χ0n) is 19.5. The van der Waals surface area contributed by atoms with Gasteiger partial charge in [-0.3, -0.25) is 9.78 Å². The largest absolute Gasteiger partial charge is 0.504 e. The Kier molecular flexibility index (Phi) is 6.67. The number of hydrogen-bond acceptors (Lipinski definition) is 7. The molecule has 0 unspecified atom stereocenters. The van der Waals surface area contributed by atoms with Crippen molar-refractivity contribution in [2.75, 3.05) is 44.2 Å². The number of carbonyl (C=O) groups is 1. The van der Waals surface area contributed by atoms with Crippen LogP contribution in [0.15, 0.2) is 53.7 Å². The predicted molar refractivity (Wildman–Crippen MR) is 137 cm³/mol. The number of carbonyl (C=O) groups excluding carboxylic acids is 1. The molecule has 1 aromatic heterocycles. The van der Waals surface area contributed by atoms with E-state index in [0.29, 0.717) is 22.9 Å². The van der Waals surface area contributed by atoms with Crippen LogP contribution in [0.2, 0.25) is 5.02 Å². The van der Waals surface area contributed by atoms with E-state index in [9.17, 15) is 23.4 Å². The van der Waals surface area contributed by atoms with Gasteiger partial charge in [-0.2, -0.15) is 4.31 Å². The van der Waals surface area contributed by atoms with Crippen molar-refractivity contribution < 1.29 is 23.4 Å². The molecule has 190 valence electrons. The molecule has 2 fully saturated rings. The molecule has 1 amide bonds. The highest BCUT2D eigenvalue weighted by atomic mass is 35.5. The first-order chi connectivity index (χ1) is 17.2. The number of anilines is 1. The molecule has 2 aromatic carbocycles. The zero-order chi connectivity index (χ0) is 25.4. The van der Waals surface area contributed by atoms with Crippen molar-refractivity contribution in [3.63, 3.8) is 0 Å². The topological polar surface area (TPSA) is 114 Å². The normalized spacial score (nSPS) is 18.2. The first-order valence-electron chi connectivity index (χ1n) is 11.8. The lowest BCUT2D eigenvalue weighted by Crippen LogP contribution is -2.53. The number of benzene rings is 2. The van der Waals surface area contributed by atoms with Crippen molar-refractivity contribution in [2.24, 2.45) is 5.92 Å². The Labute approximate surface area is 214 Å². The van der Waals surface area contributed by atoms with Crippen molar-refractivity contribution >= 4 is 44.0 Å². The van der Waals surface area contributed by atoms with Gasteiger partial charge in [-0.1, -0.05) is 17.7 Å². The summed E-state index contributed by atoms with van der Waals surface area (Å²) in [5, 5.41) is 21.9. The van der Waals surface area contributed by atoms with E-state index in [0.717, 1.165) is 35.9 Å². The van der Waals surface area contributed by atoms with Gasteiger partial charge in [0, 0.05) is 61.2 Å². The number of rotatable bonds is 5. The average molecular weight is 531 g/mol. The first-order valence-corrected chi connectivity index (χ1v) is 13.6. The molecule has 36 heavy (non-hydrogen) atoms. The van der Waals surface area contributed by atoms with Gasteiger partial charge in [-0.15, -0.1) is 0 Å². The summed E-state index contributed by atoms with van der Waals surface area (Å²) in [4.78, 5) is 20.6. The maximum Gasteiger partial charge on any atom is 0.247 e. The summed E-state index contributed by atoms with van der Waals surface area (Å²) in [5.74, 6) is -1.22. The molecule has 2 saturated heterocycles. The standard InChI is InChI=1S/C25H27ClN4O5S/c26-19-2-1-18-13-22(25(33)24(32)21(18)14-19)36(34,35)30-12-11-29(23(31)16-30)15-17-5-9-28(10-6-17)20-3-7-27-8-4-20/h1-4,7-8,13-14,17,32-33H,5-6,9-12,15-16H2. The number of hydrogen-bond donors (Lipinski definition) is 2. The van der Waals surface area contributed by atoms with Crippen molar-refractivity contribution in [2.45, 2.75) is 17.7 Å². The third kappa shape index (κ3) is 4.68. The van der Waals surface area contributed by atoms with Gasteiger partial charge in [0.1, 0.15) is 4.90 Å². The van der Waals surface area contributed by atoms with E-state index in [2.05, 4.69) is 9.88 Å². The highest BCUT2D eigenvalue weighted by molar-refractivity contribution is 7.89. The smallest absolute Gasteiger partial charge is 0.247 e. The summed E-state index contributed by atoms with van der Waals surface area (Å²) in [6.07, 6.45) is 5.45. The Morgan fingerprint density at radius 3 is 2.39 bits per heavy atom. The second-order valence-corrected chi connectivity index (χ2v) is 11.6. The molecular formula is C25H27ClN4O5S. The van der Waals surface area contributed by atoms with Crippen molar-refractivity contribution in [3.05, 3.63) is 53.8 Å². The Morgan fingerprint density at radius 1 is 0.972 bits per heavy atom. The predicted octanol–water partition coefficient (Wildman–Crippen LogP) is 3.05. The minimum absolute atomic E-state index is 0.114. The molecule has 0 saturated carbocycles. The van der Waals surface area contributed by atoms with E-state index in [4.69, 9.17) is 11.6 Å². The second kappa shape index (κ2) is 9.76. The average Bonchev–Trinajstić information content (AvgIpc) is 2.88. The van der Waals surface area contributed by atoms with E-state index in [1.807, 2.05) is 12.1 Å². The number of fused-ring (bicyclic) bond motifs is 1. The lowest BCUT2D eigenvalue weighted by molar-refractivity contribution is -0.134. The van der Waals surface area contributed by atoms with Crippen LogP contribution in [0.1, 0.15) is 12.8 Å². The van der Waals surface area contributed by atoms with Crippen molar-refractivity contribution in [1.29, 1.82) is 0 Å². The molecule has 3 aromatic rings. The zero-order valence-corrected chi connectivity index (χ0v) is 21.1. The summed E-state index contributed by atoms with van der Waals surface area (Å²) in [6.45, 7) is 2.47. The number of aromatic hydroxyl groups is 2. The Hall–Kier alpha value is -3.08. The number of nitrogens with zero attached hydrogens (tertiary/aromatic N) is 4. The highest BCUT2D eigenvalue weighted by Gasteiger charge is 2.36. The molecule has 2 N–H and O–H groups in total. The van der Waals surface area contributed by atoms with Crippen LogP contribution in [0, 0.1) is 5.92 Å². The summed E-state index contributed by atoms with van der Waals surface area (Å²) in [7, 11) is -4.21. The van der Waals surface area contributed by atoms with Crippen LogP contribution in [-0.2, 0) is 14.8 Å². The van der Waals surface area contributed by atoms with E-state index < -0.39 is 26.4 Å². The number of pyridine rings is 1. The number of aromatic nitrogens is 1. The summed E-state index contributed by atoms with van der Waals surface area (Å²) >= 11 is 5.96. The quantitative estimate of drug-likeness (QED) is 0.487. The molecule has 2 aliphatic heterocycles. The van der Waals surface area contributed by atoms with E-state index in [1.165, 1.54) is 12.1 Å². The van der Waals surface area contributed by atoms with Gasteiger partial charge in [0.05, 0.1) is 6.54 Å². The van der Waals surface area contributed by atoms with E-state index in [-0.39, 0.29) is 30.9 Å². The molecule has 9 nitrogen and oxygen atoms in total. The summed E-state index contributed by atoms with van der Waals surface area (Å²) < 4.78 is 27.7. The fraction of sp³-hybridized carbons (Fsp3) is 0.360. The maximum absolute atomic E-state index is 13.3. The maximum atomic E-state index is 13.3. The molecule has 0 atom stereocenters. The minimum atomic E-state index is -4.21. The molecule has 0 spiro atoms. The molecule has 0 radical (unpaired) electrons. The minimum Gasteiger partial charge on any atom is -0.504 e. The number of piperazine rings is 1. The van der Waals surface area contributed by atoms with Crippen LogP contribution in [0.4, 0.5) is 5.69 Å². The lowest BCUT2D eigenvalue weighted by Gasteiger charge is -2.39. The lowest BCUT2D eigenvalue weighted by atomic mass is 9.95. The Bertz CT molecular complexity index is 1390. The second-order valence-electron chi connectivity index (χ2n) is 9.25. The number of halogens is 1. The number of sulfonamides is 1. The van der Waals surface area contributed by atoms with Crippen LogP contribution in [0.25, 0.3) is 10.8 Å². The Morgan fingerprint density at radius 2 is 1.69 bits per heavy atom. The SMILES string of the molecule is O=C1CN(S(=O)(=O)c2cc3ccc(Cl)cc3c(O)c2O)CCN1CC1CCN(c2ccncc2)CC1. The van der Waals surface area contributed by atoms with Crippen LogP contribution < -0.4 is 4.90 Å². The van der Waals surface area contributed by atoms with E-state index in [1.54, 1.807) is 29.4 Å². The molecule has 0 aliphatic carbocycles. The first kappa shape index (κ1) is 24.6. The van der Waals surface area contributed by atoms with Gasteiger partial charge in [0.2, 0.25) is 15.9 Å². The number of piperidine rings is 1. The van der Waals surface area contributed by atoms with Crippen LogP contribution >= 0.6 is 11.6 Å². The summed E-state index contributed by atoms with van der Waals surface area (Å²) in [5.41, 5.74) is 1.14. The van der Waals surface area contributed by atoms with Crippen molar-refractivity contribution in [1.82, 2.24) is 14.2 Å². The molecule has 2 aliphatic rings. The van der Waals surface area contributed by atoms with Crippen LogP contribution in [0.5, 0.6) is 11.5 Å². The molecule has 11 heteroatoms. The van der Waals surface area contributed by atoms with Gasteiger partial charge in [-0.05, 0) is 54.5 Å². The van der Waals surface area contributed by atoms with Crippen LogP contribution in [0.3, 0.4) is 0 Å². The van der Waals surface area contributed by atoms with Gasteiger partial charge < -0.3 is 20.0 Å². The number of amides is 1. The third-order valence-electron chi connectivity index (χ3n) is 7.04. The fourth-order valence-corrected chi connectivity index (χ4v) is 6.64. The van der Waals surface area contributed by atoms with Gasteiger partial charge in [-0.25, -0.2) is 8.42 Å². The van der Waals surface area contributed by atoms with E-state index >= 15 is 0 Å². The van der Waals surface area contributed by atoms with Crippen molar-refractivity contribution in [3.8, 4) is 11.5 Å². The van der Waals surface area contributed by atoms with Gasteiger partial charge in [0.15, 0.2) is 11.5 Å². The van der Waals surface area contributed by atoms with Gasteiger partial charge >= 0.3 is 0 Å². The third-order valence-corrected chi connectivity index (χ3v) is 9.13.